The lowest BCUT2D eigenvalue weighted by atomic mass is 9.86. The van der Waals surface area contributed by atoms with Crippen LogP contribution in [0.1, 0.15) is 61.9 Å². The molecule has 2 amide bonds. The minimum absolute atomic E-state index is 0.175. The first-order valence-corrected chi connectivity index (χ1v) is 17.0. The molecule has 0 bridgehead atoms. The van der Waals surface area contributed by atoms with Crippen molar-refractivity contribution in [2.75, 3.05) is 11.4 Å². The molecule has 0 spiro atoms. The van der Waals surface area contributed by atoms with E-state index in [0.29, 0.717) is 37.9 Å². The normalized spacial score (nSPS) is 22.1. The van der Waals surface area contributed by atoms with Gasteiger partial charge in [0.2, 0.25) is 5.91 Å². The Bertz CT molecular complexity index is 1940. The standard InChI is InChI=1S/C40H41N3O6/c1-40(2,3)49-39(48)43-31-16-10-8-14-27(31)21-35(43)38(47)42-32(26-12-5-4-6-13-26)19-20-33(42)37(46)34-22-30-28(23-41(34)24-36(44)45)18-17-25-11-7-9-15-29(25)30/h4-18,32-35H,19-24H2,1-3H3,(H,44,45)/t32-,33+,34?,35+/m0/s1. The molecule has 0 saturated carbocycles. The molecule has 9 nitrogen and oxygen atoms in total. The second-order valence-electron chi connectivity index (χ2n) is 14.3. The maximum Gasteiger partial charge on any atom is 0.415 e. The molecule has 252 valence electrons. The van der Waals surface area contributed by atoms with Crippen molar-refractivity contribution in [1.29, 1.82) is 0 Å². The predicted octanol–water partition coefficient (Wildman–Crippen LogP) is 6.32. The number of hydrogen-bond acceptors (Lipinski definition) is 6. The Morgan fingerprint density at radius 1 is 0.776 bits per heavy atom. The maximum atomic E-state index is 15.0. The van der Waals surface area contributed by atoms with Crippen LogP contribution in [-0.2, 0) is 38.5 Å². The van der Waals surface area contributed by atoms with Crippen LogP contribution in [0, 0.1) is 0 Å². The SMILES string of the molecule is CC(C)(C)OC(=O)N1c2ccccc2C[C@@H]1C(=O)N1[C@@H](C(=O)C2Cc3c(ccc4ccccc34)CN2CC(=O)O)CC[C@H]1c1ccccc1. The van der Waals surface area contributed by atoms with Gasteiger partial charge in [0.05, 0.1) is 30.4 Å². The van der Waals surface area contributed by atoms with E-state index in [4.69, 9.17) is 4.74 Å². The Labute approximate surface area is 286 Å². The van der Waals surface area contributed by atoms with Crippen molar-refractivity contribution in [3.8, 4) is 0 Å². The second kappa shape index (κ2) is 12.8. The summed E-state index contributed by atoms with van der Waals surface area (Å²) in [4.78, 5) is 60.7. The first-order chi connectivity index (χ1) is 23.5. The number of aliphatic carboxylic acids is 1. The van der Waals surface area contributed by atoms with Crippen molar-refractivity contribution >= 4 is 40.2 Å². The number of carbonyl (C=O) groups excluding carboxylic acids is 3. The topological polar surface area (TPSA) is 107 Å². The molecule has 49 heavy (non-hydrogen) atoms. The summed E-state index contributed by atoms with van der Waals surface area (Å²) in [6.45, 7) is 5.39. The summed E-state index contributed by atoms with van der Waals surface area (Å²) in [6.07, 6.45) is 1.01. The summed E-state index contributed by atoms with van der Waals surface area (Å²) in [6, 6.07) is 26.4. The molecular formula is C40H41N3O6. The smallest absolute Gasteiger partial charge is 0.415 e. The quantitative estimate of drug-likeness (QED) is 0.258. The highest BCUT2D eigenvalue weighted by Gasteiger charge is 2.50. The molecule has 7 rings (SSSR count). The summed E-state index contributed by atoms with van der Waals surface area (Å²) in [5, 5.41) is 12.0. The van der Waals surface area contributed by atoms with Gasteiger partial charge in [0.1, 0.15) is 11.6 Å². The molecule has 1 unspecified atom stereocenters. The van der Waals surface area contributed by atoms with Crippen molar-refractivity contribution in [2.24, 2.45) is 0 Å². The number of likely N-dealkylation sites (tertiary alicyclic amines) is 1. The molecule has 3 aliphatic heterocycles. The van der Waals surface area contributed by atoms with E-state index in [2.05, 4.69) is 0 Å². The van der Waals surface area contributed by atoms with E-state index < -0.39 is 41.8 Å². The Morgan fingerprint density at radius 3 is 2.24 bits per heavy atom. The van der Waals surface area contributed by atoms with Crippen molar-refractivity contribution in [1.82, 2.24) is 9.80 Å². The van der Waals surface area contributed by atoms with Crippen LogP contribution in [0.4, 0.5) is 10.5 Å². The van der Waals surface area contributed by atoms with Gasteiger partial charge in [0.15, 0.2) is 5.78 Å². The van der Waals surface area contributed by atoms with E-state index in [0.717, 1.165) is 33.0 Å². The average molecular weight is 660 g/mol. The van der Waals surface area contributed by atoms with Gasteiger partial charge in [-0.05, 0) is 79.1 Å². The fraction of sp³-hybridized carbons (Fsp3) is 0.350. The average Bonchev–Trinajstić information content (AvgIpc) is 3.69. The van der Waals surface area contributed by atoms with Gasteiger partial charge >= 0.3 is 12.1 Å². The molecule has 4 aromatic carbocycles. The van der Waals surface area contributed by atoms with E-state index in [1.807, 2.05) is 91.0 Å². The van der Waals surface area contributed by atoms with Crippen LogP contribution in [0.2, 0.25) is 0 Å². The highest BCUT2D eigenvalue weighted by Crippen LogP contribution is 2.42. The number of rotatable bonds is 6. The number of Topliss-reactive ketones (excluding diaryl/α,β-unsaturated/α-hetero) is 1. The van der Waals surface area contributed by atoms with Crippen LogP contribution in [0.3, 0.4) is 0 Å². The number of carboxylic acid groups (broad SMARTS) is 1. The van der Waals surface area contributed by atoms with Gasteiger partial charge in [0.25, 0.3) is 0 Å². The van der Waals surface area contributed by atoms with E-state index in [1.165, 1.54) is 4.90 Å². The number of benzene rings is 4. The van der Waals surface area contributed by atoms with Crippen molar-refractivity contribution in [2.45, 2.75) is 82.8 Å². The highest BCUT2D eigenvalue weighted by molar-refractivity contribution is 6.03. The van der Waals surface area contributed by atoms with Crippen molar-refractivity contribution < 1.29 is 29.0 Å². The van der Waals surface area contributed by atoms with Crippen molar-refractivity contribution in [3.05, 3.63) is 113 Å². The Hall–Kier alpha value is -5.02. The van der Waals surface area contributed by atoms with Crippen LogP contribution in [0.15, 0.2) is 91.0 Å². The van der Waals surface area contributed by atoms with Crippen molar-refractivity contribution in [3.63, 3.8) is 0 Å². The van der Waals surface area contributed by atoms with Gasteiger partial charge in [-0.1, -0.05) is 84.9 Å². The number of fused-ring (bicyclic) bond motifs is 4. The number of anilines is 1. The Balaban J connectivity index is 1.28. The number of amides is 2. The van der Waals surface area contributed by atoms with E-state index in [9.17, 15) is 19.5 Å². The number of ketones is 1. The lowest BCUT2D eigenvalue weighted by molar-refractivity contribution is -0.145. The zero-order chi connectivity index (χ0) is 34.4. The fourth-order valence-corrected chi connectivity index (χ4v) is 7.96. The van der Waals surface area contributed by atoms with Gasteiger partial charge in [-0.15, -0.1) is 0 Å². The van der Waals surface area contributed by atoms with E-state index in [-0.39, 0.29) is 18.2 Å². The second-order valence-corrected chi connectivity index (χ2v) is 14.3. The molecule has 4 aromatic rings. The third kappa shape index (κ3) is 6.19. The first-order valence-electron chi connectivity index (χ1n) is 17.0. The summed E-state index contributed by atoms with van der Waals surface area (Å²) in [5.41, 5.74) is 3.65. The van der Waals surface area contributed by atoms with Crippen LogP contribution >= 0.6 is 0 Å². The summed E-state index contributed by atoms with van der Waals surface area (Å²) in [7, 11) is 0. The Morgan fingerprint density at radius 2 is 1.49 bits per heavy atom. The van der Waals surface area contributed by atoms with Gasteiger partial charge in [-0.3, -0.25) is 24.2 Å². The van der Waals surface area contributed by atoms with Gasteiger partial charge < -0.3 is 14.7 Å². The molecule has 0 aliphatic carbocycles. The van der Waals surface area contributed by atoms with Crippen LogP contribution in [0.5, 0.6) is 0 Å². The molecule has 1 saturated heterocycles. The monoisotopic (exact) mass is 659 g/mol. The molecule has 1 fully saturated rings. The van der Waals surface area contributed by atoms with E-state index in [1.54, 1.807) is 30.6 Å². The number of hydrogen-bond donors (Lipinski definition) is 1. The minimum atomic E-state index is -1.01. The molecule has 9 heteroatoms. The van der Waals surface area contributed by atoms with Crippen LogP contribution in [0.25, 0.3) is 10.8 Å². The number of carbonyl (C=O) groups is 4. The van der Waals surface area contributed by atoms with Crippen LogP contribution < -0.4 is 4.90 Å². The highest BCUT2D eigenvalue weighted by atomic mass is 16.6. The fourth-order valence-electron chi connectivity index (χ4n) is 7.96. The minimum Gasteiger partial charge on any atom is -0.480 e. The molecule has 0 radical (unpaired) electrons. The molecule has 3 aliphatic rings. The van der Waals surface area contributed by atoms with Gasteiger partial charge in [-0.2, -0.15) is 0 Å². The molecule has 0 aromatic heterocycles. The zero-order valence-electron chi connectivity index (χ0n) is 28.0. The lowest BCUT2D eigenvalue weighted by Gasteiger charge is -2.40. The molecule has 1 N–H and O–H groups in total. The number of carboxylic acids is 1. The number of ether oxygens (including phenoxy) is 1. The van der Waals surface area contributed by atoms with Gasteiger partial charge in [0, 0.05) is 13.0 Å². The largest absolute Gasteiger partial charge is 0.480 e. The summed E-state index contributed by atoms with van der Waals surface area (Å²) in [5.74, 6) is -1.51. The third-order valence-electron chi connectivity index (χ3n) is 10.0. The molecule has 4 atom stereocenters. The number of nitrogens with zero attached hydrogens (tertiary/aromatic N) is 3. The summed E-state index contributed by atoms with van der Waals surface area (Å²) < 4.78 is 5.81. The maximum absolute atomic E-state index is 15.0. The molecule has 3 heterocycles. The van der Waals surface area contributed by atoms with E-state index >= 15 is 4.79 Å². The summed E-state index contributed by atoms with van der Waals surface area (Å²) >= 11 is 0. The Kier molecular flexibility index (Phi) is 8.48. The number of para-hydroxylation sites is 1. The van der Waals surface area contributed by atoms with Crippen LogP contribution in [-0.4, -0.2) is 68.9 Å². The lowest BCUT2D eigenvalue weighted by Crippen LogP contribution is -2.57. The predicted molar refractivity (Wildman–Crippen MR) is 186 cm³/mol. The van der Waals surface area contributed by atoms with Gasteiger partial charge in [-0.25, -0.2) is 4.79 Å². The molecular weight excluding hydrogens is 618 g/mol. The first kappa shape index (κ1) is 32.5. The zero-order valence-corrected chi connectivity index (χ0v) is 28.0. The third-order valence-corrected chi connectivity index (χ3v) is 10.0.